The highest BCUT2D eigenvalue weighted by Crippen LogP contribution is 2.42. The number of aryl methyl sites for hydroxylation is 2. The normalized spacial score (nSPS) is 16.6. The van der Waals surface area contributed by atoms with Gasteiger partial charge in [-0.15, -0.1) is 0 Å². The van der Waals surface area contributed by atoms with Crippen LogP contribution >= 0.6 is 0 Å². The van der Waals surface area contributed by atoms with E-state index in [-0.39, 0.29) is 5.82 Å². The topological polar surface area (TPSA) is 73.2 Å². The molecule has 1 atom stereocenters. The summed E-state index contributed by atoms with van der Waals surface area (Å²) in [5.41, 5.74) is 2.07. The van der Waals surface area contributed by atoms with Gasteiger partial charge in [0, 0.05) is 7.05 Å². The molecule has 7 heteroatoms. The molecular weight excluding hydrogens is 361 g/mol. The van der Waals surface area contributed by atoms with Gasteiger partial charge in [-0.2, -0.15) is 5.10 Å². The quantitative estimate of drug-likeness (QED) is 0.796. The molecule has 1 aromatic heterocycles. The average molecular weight is 387 g/mol. The molecule has 2 aromatic rings. The lowest BCUT2D eigenvalue weighted by Gasteiger charge is -2.28. The van der Waals surface area contributed by atoms with Crippen LogP contribution in [-0.4, -0.2) is 27.8 Å². The highest BCUT2D eigenvalue weighted by atomic mass is 19.1. The van der Waals surface area contributed by atoms with E-state index in [2.05, 4.69) is 10.4 Å². The van der Waals surface area contributed by atoms with Crippen molar-refractivity contribution >= 4 is 17.6 Å². The summed E-state index contributed by atoms with van der Waals surface area (Å²) in [5.74, 6) is -1.18. The van der Waals surface area contributed by atoms with Crippen molar-refractivity contribution in [3.8, 4) is 0 Å². The van der Waals surface area contributed by atoms with Crippen molar-refractivity contribution in [3.05, 3.63) is 47.0 Å². The number of hydrogen-bond acceptors (Lipinski definition) is 4. The maximum absolute atomic E-state index is 13.3. The van der Waals surface area contributed by atoms with Crippen LogP contribution in [0.5, 0.6) is 0 Å². The van der Waals surface area contributed by atoms with Crippen LogP contribution < -0.4 is 5.32 Å². The van der Waals surface area contributed by atoms with Gasteiger partial charge in [0.25, 0.3) is 5.91 Å². The van der Waals surface area contributed by atoms with Gasteiger partial charge in [-0.3, -0.25) is 14.3 Å². The third kappa shape index (κ3) is 3.66. The van der Waals surface area contributed by atoms with Crippen molar-refractivity contribution in [3.63, 3.8) is 0 Å². The van der Waals surface area contributed by atoms with Crippen molar-refractivity contribution in [2.45, 2.75) is 58.0 Å². The smallest absolute Gasteiger partial charge is 0.317 e. The molecule has 1 aliphatic carbocycles. The minimum atomic E-state index is -0.954. The van der Waals surface area contributed by atoms with Crippen molar-refractivity contribution in [2.24, 2.45) is 7.05 Å². The zero-order valence-corrected chi connectivity index (χ0v) is 16.7. The van der Waals surface area contributed by atoms with Crippen LogP contribution in [0.25, 0.3) is 0 Å². The molecular formula is C21H26FN3O3. The van der Waals surface area contributed by atoms with Crippen molar-refractivity contribution in [2.75, 3.05) is 5.32 Å². The van der Waals surface area contributed by atoms with Crippen LogP contribution in [0.3, 0.4) is 0 Å². The molecule has 0 radical (unpaired) electrons. The first-order chi connectivity index (χ1) is 13.2. The molecule has 6 nitrogen and oxygen atoms in total. The summed E-state index contributed by atoms with van der Waals surface area (Å²) in [6.07, 6.45) is 2.09. The molecule has 0 aliphatic heterocycles. The Bertz CT molecular complexity index is 883. The molecule has 0 bridgehead atoms. The molecule has 1 saturated carbocycles. The Morgan fingerprint density at radius 3 is 2.36 bits per heavy atom. The molecule has 1 aliphatic rings. The van der Waals surface area contributed by atoms with Crippen LogP contribution in [0.1, 0.15) is 49.6 Å². The number of nitrogens with zero attached hydrogens (tertiary/aromatic N) is 2. The van der Waals surface area contributed by atoms with Crippen molar-refractivity contribution in [1.29, 1.82) is 0 Å². The van der Waals surface area contributed by atoms with Crippen LogP contribution in [0.2, 0.25) is 0 Å². The first-order valence-corrected chi connectivity index (χ1v) is 9.53. The lowest BCUT2D eigenvalue weighted by molar-refractivity contribution is -0.159. The number of carbonyl (C=O) groups excluding carboxylic acids is 2. The number of hydrogen-bond donors (Lipinski definition) is 1. The van der Waals surface area contributed by atoms with E-state index in [1.54, 1.807) is 37.7 Å². The number of ether oxygens (including phenoxy) is 1. The number of benzene rings is 1. The first kappa shape index (κ1) is 20.0. The lowest BCUT2D eigenvalue weighted by atomic mass is 9.79. The molecule has 0 unspecified atom stereocenters. The summed E-state index contributed by atoms with van der Waals surface area (Å²) in [7, 11) is 1.80. The number of nitrogens with one attached hydrogen (secondary N) is 1. The summed E-state index contributed by atoms with van der Waals surface area (Å²) in [5, 5.41) is 7.07. The van der Waals surface area contributed by atoms with Gasteiger partial charge >= 0.3 is 5.97 Å². The van der Waals surface area contributed by atoms with Gasteiger partial charge in [-0.05, 0) is 51.3 Å². The number of anilines is 1. The van der Waals surface area contributed by atoms with E-state index >= 15 is 0 Å². The summed E-state index contributed by atoms with van der Waals surface area (Å²) in [6, 6.07) is 5.98. The van der Waals surface area contributed by atoms with Crippen LogP contribution in [0.4, 0.5) is 10.1 Å². The maximum atomic E-state index is 13.3. The molecule has 3 rings (SSSR count). The Hall–Kier alpha value is -2.70. The Morgan fingerprint density at radius 1 is 1.21 bits per heavy atom. The summed E-state index contributed by atoms with van der Waals surface area (Å²) >= 11 is 0. The second-order valence-electron chi connectivity index (χ2n) is 7.50. The Balaban J connectivity index is 1.74. The number of esters is 1. The number of amides is 1. The van der Waals surface area contributed by atoms with Gasteiger partial charge in [-0.25, -0.2) is 4.39 Å². The Morgan fingerprint density at radius 2 is 1.82 bits per heavy atom. The van der Waals surface area contributed by atoms with Crippen LogP contribution in [0, 0.1) is 19.7 Å². The Labute approximate surface area is 164 Å². The second-order valence-corrected chi connectivity index (χ2v) is 7.50. The molecule has 1 aromatic carbocycles. The van der Waals surface area contributed by atoms with Gasteiger partial charge in [0.1, 0.15) is 5.82 Å². The predicted molar refractivity (Wildman–Crippen MR) is 103 cm³/mol. The molecule has 1 fully saturated rings. The van der Waals surface area contributed by atoms with Crippen molar-refractivity contribution < 1.29 is 18.7 Å². The monoisotopic (exact) mass is 387 g/mol. The summed E-state index contributed by atoms with van der Waals surface area (Å²) in [6.45, 7) is 5.22. The van der Waals surface area contributed by atoms with Gasteiger partial charge in [-0.1, -0.05) is 25.0 Å². The predicted octanol–water partition coefficient (Wildman–Crippen LogP) is 3.56. The van der Waals surface area contributed by atoms with Crippen LogP contribution in [-0.2, 0) is 26.8 Å². The highest BCUT2D eigenvalue weighted by Gasteiger charge is 2.45. The largest absolute Gasteiger partial charge is 0.452 e. The number of halogens is 1. The van der Waals surface area contributed by atoms with E-state index in [0.717, 1.165) is 24.1 Å². The third-order valence-electron chi connectivity index (χ3n) is 5.65. The summed E-state index contributed by atoms with van der Waals surface area (Å²) in [4.78, 5) is 25.6. The van der Waals surface area contributed by atoms with Gasteiger partial charge in [0.05, 0.1) is 22.5 Å². The summed E-state index contributed by atoms with van der Waals surface area (Å²) < 4.78 is 20.6. The number of carbonyl (C=O) groups is 2. The number of aromatic nitrogens is 2. The van der Waals surface area contributed by atoms with Gasteiger partial charge in [0.2, 0.25) is 0 Å². The molecule has 1 N–H and O–H groups in total. The third-order valence-corrected chi connectivity index (χ3v) is 5.65. The molecule has 0 saturated heterocycles. The molecule has 1 amide bonds. The minimum Gasteiger partial charge on any atom is -0.452 e. The fourth-order valence-electron chi connectivity index (χ4n) is 3.86. The van der Waals surface area contributed by atoms with E-state index in [9.17, 15) is 14.0 Å². The Kier molecular flexibility index (Phi) is 5.54. The van der Waals surface area contributed by atoms with E-state index in [0.29, 0.717) is 24.2 Å². The lowest BCUT2D eigenvalue weighted by Crippen LogP contribution is -2.40. The highest BCUT2D eigenvalue weighted by molar-refractivity contribution is 5.96. The SMILES string of the molecule is Cc1nn(C)c(C)c1NC(=O)[C@@H](C)OC(=O)C1(c2ccc(F)cc2)CCCC1. The zero-order valence-electron chi connectivity index (χ0n) is 16.7. The fraction of sp³-hybridized carbons (Fsp3) is 0.476. The molecule has 150 valence electrons. The van der Waals surface area contributed by atoms with Gasteiger partial charge in [0.15, 0.2) is 6.10 Å². The number of rotatable bonds is 5. The standard InChI is InChI=1S/C21H26FN3O3/c1-13-18(14(2)25(4)24-13)23-19(26)15(3)28-20(27)21(11-5-6-12-21)16-7-9-17(22)10-8-16/h7-10,15H,5-6,11-12H2,1-4H3,(H,23,26)/t15-/m1/s1. The van der Waals surface area contributed by atoms with E-state index in [1.807, 2.05) is 6.92 Å². The zero-order chi connectivity index (χ0) is 20.5. The minimum absolute atomic E-state index is 0.347. The molecule has 0 spiro atoms. The molecule has 1 heterocycles. The van der Waals surface area contributed by atoms with Crippen molar-refractivity contribution in [1.82, 2.24) is 9.78 Å². The maximum Gasteiger partial charge on any atom is 0.317 e. The van der Waals surface area contributed by atoms with Gasteiger partial charge < -0.3 is 10.1 Å². The molecule has 28 heavy (non-hydrogen) atoms. The van der Waals surface area contributed by atoms with Crippen LogP contribution in [0.15, 0.2) is 24.3 Å². The first-order valence-electron chi connectivity index (χ1n) is 9.53. The average Bonchev–Trinajstić information content (AvgIpc) is 3.24. The van der Waals surface area contributed by atoms with E-state index in [4.69, 9.17) is 4.74 Å². The van der Waals surface area contributed by atoms with E-state index < -0.39 is 23.4 Å². The van der Waals surface area contributed by atoms with E-state index in [1.165, 1.54) is 12.1 Å². The fourth-order valence-corrected chi connectivity index (χ4v) is 3.86. The second kappa shape index (κ2) is 7.73.